The van der Waals surface area contributed by atoms with Gasteiger partial charge in [-0.15, -0.1) is 0 Å². The predicted molar refractivity (Wildman–Crippen MR) is 91.3 cm³/mol. The Balaban J connectivity index is 1.36. The Morgan fingerprint density at radius 1 is 1.21 bits per heavy atom. The fourth-order valence-corrected chi connectivity index (χ4v) is 3.29. The number of carbonyl (C=O) groups is 1. The van der Waals surface area contributed by atoms with E-state index in [1.54, 1.807) is 0 Å². The Kier molecular flexibility index (Phi) is 3.78. The number of carbonyl (C=O) groups excluding carboxylic acids is 1. The van der Waals surface area contributed by atoms with Crippen molar-refractivity contribution in [3.05, 3.63) is 65.5 Å². The molecule has 0 unspecified atom stereocenters. The second-order valence-corrected chi connectivity index (χ2v) is 6.18. The molecule has 2 aromatic carbocycles. The van der Waals surface area contributed by atoms with Crippen LogP contribution in [0.3, 0.4) is 0 Å². The minimum Gasteiger partial charge on any atom is -0.441 e. The second-order valence-electron chi connectivity index (χ2n) is 6.18. The van der Waals surface area contributed by atoms with Gasteiger partial charge in [0.2, 0.25) is 5.91 Å². The molecule has 0 fully saturated rings. The van der Waals surface area contributed by atoms with Crippen molar-refractivity contribution >= 4 is 17.0 Å². The molecule has 5 nitrogen and oxygen atoms in total. The molecule has 0 aliphatic heterocycles. The van der Waals surface area contributed by atoms with Crippen LogP contribution in [0.4, 0.5) is 0 Å². The summed E-state index contributed by atoms with van der Waals surface area (Å²) in [5, 5.41) is 3.05. The van der Waals surface area contributed by atoms with E-state index in [0.29, 0.717) is 18.7 Å². The number of fused-ring (bicyclic) bond motifs is 2. The van der Waals surface area contributed by atoms with Crippen molar-refractivity contribution in [1.29, 1.82) is 0 Å². The highest BCUT2D eigenvalue weighted by atomic mass is 16.3. The van der Waals surface area contributed by atoms with E-state index in [1.165, 1.54) is 5.56 Å². The third kappa shape index (κ3) is 2.78. The van der Waals surface area contributed by atoms with E-state index in [1.807, 2.05) is 42.5 Å². The number of nitrogens with two attached hydrogens (primary N) is 1. The van der Waals surface area contributed by atoms with Crippen molar-refractivity contribution in [1.82, 2.24) is 10.3 Å². The number of benzene rings is 2. The monoisotopic (exact) mass is 321 g/mol. The molecule has 3 aromatic rings. The van der Waals surface area contributed by atoms with Crippen LogP contribution >= 0.6 is 0 Å². The predicted octanol–water partition coefficient (Wildman–Crippen LogP) is 2.50. The summed E-state index contributed by atoms with van der Waals surface area (Å²) in [5.74, 6) is 0.566. The number of aromatic nitrogens is 1. The molecule has 1 aliphatic carbocycles. The first-order valence-corrected chi connectivity index (χ1v) is 8.18. The van der Waals surface area contributed by atoms with Gasteiger partial charge in [0.1, 0.15) is 5.52 Å². The lowest BCUT2D eigenvalue weighted by atomic mass is 10.1. The molecule has 2 atom stereocenters. The molecule has 0 bridgehead atoms. The van der Waals surface area contributed by atoms with Gasteiger partial charge < -0.3 is 15.5 Å². The maximum absolute atomic E-state index is 12.2. The van der Waals surface area contributed by atoms with Crippen molar-refractivity contribution in [2.24, 2.45) is 5.73 Å². The van der Waals surface area contributed by atoms with Gasteiger partial charge in [-0.25, -0.2) is 4.98 Å². The lowest BCUT2D eigenvalue weighted by Crippen LogP contribution is -2.40. The van der Waals surface area contributed by atoms with E-state index in [2.05, 4.69) is 16.4 Å². The fourth-order valence-electron chi connectivity index (χ4n) is 3.29. The summed E-state index contributed by atoms with van der Waals surface area (Å²) >= 11 is 0. The van der Waals surface area contributed by atoms with Gasteiger partial charge in [-0.3, -0.25) is 4.79 Å². The van der Waals surface area contributed by atoms with Crippen molar-refractivity contribution in [3.63, 3.8) is 0 Å². The Morgan fingerprint density at radius 3 is 2.83 bits per heavy atom. The highest BCUT2D eigenvalue weighted by Crippen LogP contribution is 2.29. The standard InChI is InChI=1S/C19H19N3O2/c20-19-13-6-2-1-5-12(13)11-15(19)21-17(23)9-10-18-22-14-7-3-4-8-16(14)24-18/h1-8,15,19H,9-11,20H2,(H,21,23)/t15-,19-/m1/s1. The molecule has 3 N–H and O–H groups in total. The summed E-state index contributed by atoms with van der Waals surface area (Å²) in [6.45, 7) is 0. The SMILES string of the molecule is N[C@@H]1c2ccccc2C[C@H]1NC(=O)CCc1nc2ccccc2o1. The summed E-state index contributed by atoms with van der Waals surface area (Å²) in [7, 11) is 0. The molecule has 5 heteroatoms. The number of amides is 1. The lowest BCUT2D eigenvalue weighted by Gasteiger charge is -2.17. The third-order valence-electron chi connectivity index (χ3n) is 4.54. The van der Waals surface area contributed by atoms with E-state index in [9.17, 15) is 4.79 Å². The topological polar surface area (TPSA) is 81.1 Å². The molecular formula is C19H19N3O2. The molecule has 1 aliphatic rings. The van der Waals surface area contributed by atoms with Gasteiger partial charge in [-0.2, -0.15) is 0 Å². The molecule has 24 heavy (non-hydrogen) atoms. The normalized spacial score (nSPS) is 19.4. The highest BCUT2D eigenvalue weighted by molar-refractivity contribution is 5.77. The molecular weight excluding hydrogens is 302 g/mol. The highest BCUT2D eigenvalue weighted by Gasteiger charge is 2.30. The van der Waals surface area contributed by atoms with Gasteiger partial charge in [0.25, 0.3) is 0 Å². The zero-order valence-corrected chi connectivity index (χ0v) is 13.2. The van der Waals surface area contributed by atoms with Gasteiger partial charge in [-0.1, -0.05) is 36.4 Å². The Hall–Kier alpha value is -2.66. The van der Waals surface area contributed by atoms with Crippen LogP contribution in [0.25, 0.3) is 11.1 Å². The lowest BCUT2D eigenvalue weighted by molar-refractivity contribution is -0.121. The van der Waals surface area contributed by atoms with Crippen LogP contribution in [-0.2, 0) is 17.6 Å². The molecule has 0 radical (unpaired) electrons. The molecule has 1 heterocycles. The fraction of sp³-hybridized carbons (Fsp3) is 0.263. The third-order valence-corrected chi connectivity index (χ3v) is 4.54. The van der Waals surface area contributed by atoms with E-state index in [-0.39, 0.29) is 18.0 Å². The van der Waals surface area contributed by atoms with Gasteiger partial charge in [0.05, 0.1) is 12.1 Å². The van der Waals surface area contributed by atoms with Crippen molar-refractivity contribution in [3.8, 4) is 0 Å². The Morgan fingerprint density at radius 2 is 2.00 bits per heavy atom. The minimum atomic E-state index is -0.144. The van der Waals surface area contributed by atoms with Crippen LogP contribution < -0.4 is 11.1 Å². The number of para-hydroxylation sites is 2. The van der Waals surface area contributed by atoms with Crippen molar-refractivity contribution < 1.29 is 9.21 Å². The molecule has 0 spiro atoms. The number of nitrogens with zero attached hydrogens (tertiary/aromatic N) is 1. The molecule has 1 amide bonds. The van der Waals surface area contributed by atoms with E-state index in [4.69, 9.17) is 10.2 Å². The quantitative estimate of drug-likeness (QED) is 0.773. The zero-order valence-electron chi connectivity index (χ0n) is 13.2. The first-order chi connectivity index (χ1) is 11.7. The Bertz CT molecular complexity index is 854. The van der Waals surface area contributed by atoms with Gasteiger partial charge >= 0.3 is 0 Å². The number of aryl methyl sites for hydroxylation is 1. The van der Waals surface area contributed by atoms with E-state index in [0.717, 1.165) is 23.1 Å². The average molecular weight is 321 g/mol. The molecule has 0 saturated heterocycles. The second kappa shape index (κ2) is 6.09. The maximum atomic E-state index is 12.2. The first kappa shape index (κ1) is 14.9. The summed E-state index contributed by atoms with van der Waals surface area (Å²) in [6.07, 6.45) is 1.60. The number of hydrogen-bond donors (Lipinski definition) is 2. The summed E-state index contributed by atoms with van der Waals surface area (Å²) in [5.41, 5.74) is 10.2. The smallest absolute Gasteiger partial charge is 0.220 e. The first-order valence-electron chi connectivity index (χ1n) is 8.18. The minimum absolute atomic E-state index is 0.0227. The zero-order chi connectivity index (χ0) is 16.5. The summed E-state index contributed by atoms with van der Waals surface area (Å²) in [4.78, 5) is 16.6. The number of rotatable bonds is 4. The van der Waals surface area contributed by atoms with Gasteiger partial charge in [0.15, 0.2) is 11.5 Å². The molecule has 1 aromatic heterocycles. The Labute approximate surface area is 139 Å². The van der Waals surface area contributed by atoms with Crippen LogP contribution in [0.2, 0.25) is 0 Å². The van der Waals surface area contributed by atoms with Crippen LogP contribution in [-0.4, -0.2) is 16.9 Å². The number of hydrogen-bond acceptors (Lipinski definition) is 4. The van der Waals surface area contributed by atoms with Crippen LogP contribution in [0, 0.1) is 0 Å². The molecule has 0 saturated carbocycles. The van der Waals surface area contributed by atoms with E-state index < -0.39 is 0 Å². The van der Waals surface area contributed by atoms with Crippen LogP contribution in [0.1, 0.15) is 29.5 Å². The van der Waals surface area contributed by atoms with Gasteiger partial charge in [-0.05, 0) is 29.7 Å². The van der Waals surface area contributed by atoms with Gasteiger partial charge in [0, 0.05) is 12.8 Å². The number of nitrogens with one attached hydrogen (secondary N) is 1. The van der Waals surface area contributed by atoms with Crippen molar-refractivity contribution in [2.75, 3.05) is 0 Å². The summed E-state index contributed by atoms with van der Waals surface area (Å²) < 4.78 is 5.64. The summed E-state index contributed by atoms with van der Waals surface area (Å²) in [6, 6.07) is 15.5. The van der Waals surface area contributed by atoms with Crippen molar-refractivity contribution in [2.45, 2.75) is 31.3 Å². The number of oxazole rings is 1. The van der Waals surface area contributed by atoms with E-state index >= 15 is 0 Å². The molecule has 4 rings (SSSR count). The van der Waals surface area contributed by atoms with Crippen LogP contribution in [0.15, 0.2) is 52.9 Å². The van der Waals surface area contributed by atoms with Crippen LogP contribution in [0.5, 0.6) is 0 Å². The average Bonchev–Trinajstić information content (AvgIpc) is 3.15. The largest absolute Gasteiger partial charge is 0.441 e. The molecule has 122 valence electrons. The maximum Gasteiger partial charge on any atom is 0.220 e.